The van der Waals surface area contributed by atoms with E-state index in [2.05, 4.69) is 17.6 Å². The molecule has 4 rings (SSSR count). The van der Waals surface area contributed by atoms with E-state index in [9.17, 15) is 9.59 Å². The summed E-state index contributed by atoms with van der Waals surface area (Å²) in [6.07, 6.45) is 6.72. The van der Waals surface area contributed by atoms with Gasteiger partial charge in [0.05, 0.1) is 6.26 Å². The maximum absolute atomic E-state index is 12.2. The number of amides is 2. The van der Waals surface area contributed by atoms with Gasteiger partial charge in [-0.15, -0.1) is 0 Å². The summed E-state index contributed by atoms with van der Waals surface area (Å²) >= 11 is 0. The van der Waals surface area contributed by atoms with Crippen LogP contribution in [0.3, 0.4) is 0 Å². The Morgan fingerprint density at radius 2 is 2.00 bits per heavy atom. The predicted molar refractivity (Wildman–Crippen MR) is 105 cm³/mol. The van der Waals surface area contributed by atoms with Crippen LogP contribution >= 0.6 is 0 Å². The number of rotatable bonds is 7. The van der Waals surface area contributed by atoms with Gasteiger partial charge in [0.25, 0.3) is 11.8 Å². The standard InChI is InChI=1S/C22H26N2O4/c1-14(19-12-15-4-5-16(19)11-15)23-21(25)13-28-18-8-6-17(7-9-18)24-22(26)20-3-2-10-27-20/h2-3,6-10,14-16,19H,4-5,11-13H2,1H3,(H,23,25)(H,24,26)/t14-,15+,16+,19+/m1/s1. The number of hydrogen-bond donors (Lipinski definition) is 2. The quantitative estimate of drug-likeness (QED) is 0.762. The van der Waals surface area contributed by atoms with Gasteiger partial charge in [-0.25, -0.2) is 0 Å². The van der Waals surface area contributed by atoms with Gasteiger partial charge in [-0.2, -0.15) is 0 Å². The van der Waals surface area contributed by atoms with Crippen LogP contribution < -0.4 is 15.4 Å². The Morgan fingerprint density at radius 3 is 2.64 bits per heavy atom. The van der Waals surface area contributed by atoms with Gasteiger partial charge in [0.1, 0.15) is 5.75 Å². The Kier molecular flexibility index (Phi) is 5.37. The Balaban J connectivity index is 1.22. The molecule has 0 unspecified atom stereocenters. The molecule has 148 valence electrons. The lowest BCUT2D eigenvalue weighted by molar-refractivity contribution is -0.124. The first-order chi connectivity index (χ1) is 13.6. The molecular weight excluding hydrogens is 356 g/mol. The molecule has 2 saturated carbocycles. The molecule has 28 heavy (non-hydrogen) atoms. The van der Waals surface area contributed by atoms with E-state index >= 15 is 0 Å². The van der Waals surface area contributed by atoms with Gasteiger partial charge >= 0.3 is 0 Å². The molecule has 1 heterocycles. The fraction of sp³-hybridized carbons (Fsp3) is 0.455. The van der Waals surface area contributed by atoms with Gasteiger partial charge in [-0.1, -0.05) is 6.42 Å². The third kappa shape index (κ3) is 4.21. The summed E-state index contributed by atoms with van der Waals surface area (Å²) in [5.41, 5.74) is 0.628. The molecule has 2 aliphatic carbocycles. The van der Waals surface area contributed by atoms with Crippen LogP contribution in [0.2, 0.25) is 0 Å². The van der Waals surface area contributed by atoms with Crippen LogP contribution in [0.15, 0.2) is 47.1 Å². The van der Waals surface area contributed by atoms with Crippen LogP contribution in [-0.4, -0.2) is 24.5 Å². The number of anilines is 1. The maximum atomic E-state index is 12.2. The minimum absolute atomic E-state index is 0.0107. The van der Waals surface area contributed by atoms with Gasteiger partial charge in [0.2, 0.25) is 0 Å². The summed E-state index contributed by atoms with van der Waals surface area (Å²) < 4.78 is 10.6. The smallest absolute Gasteiger partial charge is 0.291 e. The zero-order chi connectivity index (χ0) is 19.5. The second-order valence-electron chi connectivity index (χ2n) is 7.94. The number of ether oxygens (including phenoxy) is 1. The van der Waals surface area contributed by atoms with Gasteiger partial charge in [-0.05, 0) is 80.3 Å². The number of carbonyl (C=O) groups is 2. The lowest BCUT2D eigenvalue weighted by atomic mass is 9.84. The lowest BCUT2D eigenvalue weighted by Crippen LogP contribution is -2.42. The van der Waals surface area contributed by atoms with Crippen LogP contribution in [0, 0.1) is 17.8 Å². The second-order valence-corrected chi connectivity index (χ2v) is 7.94. The first-order valence-corrected chi connectivity index (χ1v) is 9.95. The minimum atomic E-state index is -0.312. The van der Waals surface area contributed by atoms with E-state index in [0.29, 0.717) is 17.4 Å². The third-order valence-electron chi connectivity index (χ3n) is 6.05. The number of furan rings is 1. The average molecular weight is 382 g/mol. The normalized spacial score (nSPS) is 24.0. The lowest BCUT2D eigenvalue weighted by Gasteiger charge is -2.28. The zero-order valence-corrected chi connectivity index (χ0v) is 16.0. The van der Waals surface area contributed by atoms with Crippen molar-refractivity contribution in [1.82, 2.24) is 5.32 Å². The van der Waals surface area contributed by atoms with E-state index in [1.165, 1.54) is 31.9 Å². The molecule has 6 heteroatoms. The van der Waals surface area contributed by atoms with Crippen molar-refractivity contribution in [2.24, 2.45) is 17.8 Å². The summed E-state index contributed by atoms with van der Waals surface area (Å²) in [5, 5.41) is 5.84. The molecule has 2 aliphatic rings. The molecule has 1 aromatic heterocycles. The van der Waals surface area contributed by atoms with Crippen molar-refractivity contribution >= 4 is 17.5 Å². The maximum Gasteiger partial charge on any atom is 0.291 e. The van der Waals surface area contributed by atoms with Crippen molar-refractivity contribution in [1.29, 1.82) is 0 Å². The van der Waals surface area contributed by atoms with Crippen LogP contribution in [0.4, 0.5) is 5.69 Å². The number of benzene rings is 1. The zero-order valence-electron chi connectivity index (χ0n) is 16.0. The van der Waals surface area contributed by atoms with E-state index in [-0.39, 0.29) is 30.2 Å². The fourth-order valence-electron chi connectivity index (χ4n) is 4.69. The first kappa shape index (κ1) is 18.6. The van der Waals surface area contributed by atoms with Crippen molar-refractivity contribution in [3.05, 3.63) is 48.4 Å². The number of nitrogens with one attached hydrogen (secondary N) is 2. The van der Waals surface area contributed by atoms with Crippen LogP contribution in [0.25, 0.3) is 0 Å². The molecule has 0 aliphatic heterocycles. The molecule has 2 amide bonds. The number of fused-ring (bicyclic) bond motifs is 2. The van der Waals surface area contributed by atoms with Crippen molar-refractivity contribution in [3.8, 4) is 5.75 Å². The van der Waals surface area contributed by atoms with E-state index in [4.69, 9.17) is 9.15 Å². The van der Waals surface area contributed by atoms with E-state index < -0.39 is 0 Å². The summed E-state index contributed by atoms with van der Waals surface area (Å²) in [7, 11) is 0. The summed E-state index contributed by atoms with van der Waals surface area (Å²) in [5.74, 6) is 2.70. The summed E-state index contributed by atoms with van der Waals surface area (Å²) in [6.45, 7) is 2.10. The van der Waals surface area contributed by atoms with Crippen LogP contribution in [-0.2, 0) is 4.79 Å². The monoisotopic (exact) mass is 382 g/mol. The highest BCUT2D eigenvalue weighted by molar-refractivity contribution is 6.02. The average Bonchev–Trinajstić information content (AvgIpc) is 3.45. The topological polar surface area (TPSA) is 80.6 Å². The third-order valence-corrected chi connectivity index (χ3v) is 6.05. The second kappa shape index (κ2) is 8.09. The van der Waals surface area contributed by atoms with Crippen molar-refractivity contribution < 1.29 is 18.7 Å². The molecule has 2 bridgehead atoms. The van der Waals surface area contributed by atoms with E-state index in [1.54, 1.807) is 36.4 Å². The highest BCUT2D eigenvalue weighted by Gasteiger charge is 2.42. The molecule has 0 spiro atoms. The van der Waals surface area contributed by atoms with Crippen molar-refractivity contribution in [2.45, 2.75) is 38.6 Å². The van der Waals surface area contributed by atoms with Crippen molar-refractivity contribution in [3.63, 3.8) is 0 Å². The Morgan fingerprint density at radius 1 is 1.18 bits per heavy atom. The van der Waals surface area contributed by atoms with Crippen molar-refractivity contribution in [2.75, 3.05) is 11.9 Å². The van der Waals surface area contributed by atoms with Gasteiger partial charge < -0.3 is 19.8 Å². The van der Waals surface area contributed by atoms with E-state index in [0.717, 1.165) is 11.8 Å². The molecule has 4 atom stereocenters. The summed E-state index contributed by atoms with van der Waals surface area (Å²) in [6, 6.07) is 10.4. The number of hydrogen-bond acceptors (Lipinski definition) is 4. The molecule has 0 radical (unpaired) electrons. The Labute approximate surface area is 164 Å². The van der Waals surface area contributed by atoms with Crippen LogP contribution in [0.5, 0.6) is 5.75 Å². The van der Waals surface area contributed by atoms with E-state index in [1.807, 2.05) is 0 Å². The largest absolute Gasteiger partial charge is 0.484 e. The molecular formula is C22H26N2O4. The Hall–Kier alpha value is -2.76. The first-order valence-electron chi connectivity index (χ1n) is 9.95. The minimum Gasteiger partial charge on any atom is -0.484 e. The molecule has 0 saturated heterocycles. The molecule has 2 N–H and O–H groups in total. The predicted octanol–water partition coefficient (Wildman–Crippen LogP) is 3.85. The highest BCUT2D eigenvalue weighted by atomic mass is 16.5. The Bertz CT molecular complexity index is 816. The molecule has 2 aromatic rings. The summed E-state index contributed by atoms with van der Waals surface area (Å²) in [4.78, 5) is 24.2. The highest BCUT2D eigenvalue weighted by Crippen LogP contribution is 2.49. The molecule has 2 fully saturated rings. The molecule has 6 nitrogen and oxygen atoms in total. The number of carbonyl (C=O) groups excluding carboxylic acids is 2. The van der Waals surface area contributed by atoms with Crippen LogP contribution in [0.1, 0.15) is 43.2 Å². The van der Waals surface area contributed by atoms with Gasteiger partial charge in [0, 0.05) is 11.7 Å². The molecule has 1 aromatic carbocycles. The fourth-order valence-corrected chi connectivity index (χ4v) is 4.69. The SMILES string of the molecule is C[C@@H](NC(=O)COc1ccc(NC(=O)c2ccco2)cc1)[C@@H]1C[C@H]2CC[C@H]1C2. The van der Waals surface area contributed by atoms with Gasteiger partial charge in [-0.3, -0.25) is 9.59 Å². The van der Waals surface area contributed by atoms with Gasteiger partial charge in [0.15, 0.2) is 12.4 Å².